The standard InChI is InChI=1S/C10H10N2O2S2/c1-13-5-3-4-6(14-2)8-7(5)11-9(15)10(16)12-8/h3-4H,1-2H3,(H,11,15)(H,12,16). The van der Waals surface area contributed by atoms with Crippen molar-refractivity contribution in [3.05, 3.63) is 21.4 Å². The summed E-state index contributed by atoms with van der Waals surface area (Å²) in [7, 11) is 3.19. The second kappa shape index (κ2) is 4.23. The van der Waals surface area contributed by atoms with Gasteiger partial charge in [0.15, 0.2) is 0 Å². The number of benzene rings is 1. The number of ether oxygens (including phenoxy) is 2. The molecule has 2 rings (SSSR count). The van der Waals surface area contributed by atoms with Gasteiger partial charge in [-0.3, -0.25) is 0 Å². The third kappa shape index (κ3) is 1.70. The predicted molar refractivity (Wildman–Crippen MR) is 67.4 cm³/mol. The predicted octanol–water partition coefficient (Wildman–Crippen LogP) is 2.97. The molecule has 0 aliphatic rings. The van der Waals surface area contributed by atoms with Crippen LogP contribution in [0, 0.1) is 9.28 Å². The van der Waals surface area contributed by atoms with Gasteiger partial charge >= 0.3 is 0 Å². The van der Waals surface area contributed by atoms with E-state index in [0.29, 0.717) is 20.8 Å². The Hall–Kier alpha value is -1.40. The summed E-state index contributed by atoms with van der Waals surface area (Å²) in [5.41, 5.74) is 1.50. The largest absolute Gasteiger partial charge is 0.494 e. The van der Waals surface area contributed by atoms with E-state index in [2.05, 4.69) is 9.97 Å². The van der Waals surface area contributed by atoms with Crippen LogP contribution in [0.2, 0.25) is 0 Å². The number of fused-ring (bicyclic) bond motifs is 1. The maximum Gasteiger partial charge on any atom is 0.144 e. The maximum absolute atomic E-state index is 5.23. The minimum absolute atomic E-state index is 0.481. The van der Waals surface area contributed by atoms with E-state index in [9.17, 15) is 0 Å². The van der Waals surface area contributed by atoms with Crippen LogP contribution in [0.15, 0.2) is 12.1 Å². The Labute approximate surface area is 102 Å². The molecule has 6 heteroatoms. The number of rotatable bonds is 2. The van der Waals surface area contributed by atoms with Gasteiger partial charge in [-0.15, -0.1) is 0 Å². The van der Waals surface area contributed by atoms with Gasteiger partial charge in [-0.05, 0) is 12.1 Å². The molecule has 2 aromatic rings. The SMILES string of the molecule is COc1ccc(OC)c2[nH]c(=S)c(=S)[nH]c12. The fraction of sp³-hybridized carbons (Fsp3) is 0.200. The van der Waals surface area contributed by atoms with E-state index < -0.39 is 0 Å². The van der Waals surface area contributed by atoms with Crippen molar-refractivity contribution in [2.75, 3.05) is 14.2 Å². The van der Waals surface area contributed by atoms with Gasteiger partial charge in [0, 0.05) is 0 Å². The lowest BCUT2D eigenvalue weighted by molar-refractivity contribution is 0.409. The van der Waals surface area contributed by atoms with E-state index in [1.54, 1.807) is 14.2 Å². The number of methoxy groups -OCH3 is 2. The Bertz CT molecular complexity index is 589. The summed E-state index contributed by atoms with van der Waals surface area (Å²) in [6.07, 6.45) is 0. The Balaban J connectivity index is 2.96. The third-order valence-electron chi connectivity index (χ3n) is 2.25. The normalized spacial score (nSPS) is 10.4. The third-order valence-corrected chi connectivity index (χ3v) is 2.99. The lowest BCUT2D eigenvalue weighted by Gasteiger charge is -2.09. The van der Waals surface area contributed by atoms with Crippen LogP contribution in [-0.2, 0) is 0 Å². The van der Waals surface area contributed by atoms with Crippen molar-refractivity contribution in [1.82, 2.24) is 9.97 Å². The van der Waals surface area contributed by atoms with Crippen molar-refractivity contribution in [3.63, 3.8) is 0 Å². The smallest absolute Gasteiger partial charge is 0.144 e. The Morgan fingerprint density at radius 3 is 1.56 bits per heavy atom. The first kappa shape index (κ1) is 11.1. The van der Waals surface area contributed by atoms with Gasteiger partial charge in [0.2, 0.25) is 0 Å². The minimum Gasteiger partial charge on any atom is -0.494 e. The van der Waals surface area contributed by atoms with Gasteiger partial charge in [-0.25, -0.2) is 0 Å². The minimum atomic E-state index is 0.481. The highest BCUT2D eigenvalue weighted by Gasteiger charge is 2.08. The average molecular weight is 254 g/mol. The van der Waals surface area contributed by atoms with Crippen molar-refractivity contribution < 1.29 is 9.47 Å². The average Bonchev–Trinajstić information content (AvgIpc) is 2.29. The quantitative estimate of drug-likeness (QED) is 0.809. The first-order chi connectivity index (χ1) is 7.67. The molecule has 0 aliphatic heterocycles. The van der Waals surface area contributed by atoms with E-state index in [1.165, 1.54) is 0 Å². The van der Waals surface area contributed by atoms with Crippen molar-refractivity contribution in [2.45, 2.75) is 0 Å². The number of hydrogen-bond acceptors (Lipinski definition) is 4. The van der Waals surface area contributed by atoms with Crippen LogP contribution in [0.25, 0.3) is 11.0 Å². The van der Waals surface area contributed by atoms with E-state index in [-0.39, 0.29) is 0 Å². The molecule has 0 aliphatic carbocycles. The van der Waals surface area contributed by atoms with E-state index in [0.717, 1.165) is 11.0 Å². The van der Waals surface area contributed by atoms with Gasteiger partial charge in [0.25, 0.3) is 0 Å². The van der Waals surface area contributed by atoms with E-state index in [1.807, 2.05) is 12.1 Å². The summed E-state index contributed by atoms with van der Waals surface area (Å²) in [4.78, 5) is 6.05. The molecule has 1 aromatic heterocycles. The van der Waals surface area contributed by atoms with Crippen LogP contribution in [0.3, 0.4) is 0 Å². The second-order valence-corrected chi connectivity index (χ2v) is 3.94. The van der Waals surface area contributed by atoms with E-state index in [4.69, 9.17) is 33.9 Å². The van der Waals surface area contributed by atoms with Crippen LogP contribution in [0.4, 0.5) is 0 Å². The molecule has 0 unspecified atom stereocenters. The molecule has 0 fully saturated rings. The molecule has 0 radical (unpaired) electrons. The fourth-order valence-electron chi connectivity index (χ4n) is 1.49. The summed E-state index contributed by atoms with van der Waals surface area (Å²) in [6.45, 7) is 0. The van der Waals surface area contributed by atoms with Crippen molar-refractivity contribution in [2.24, 2.45) is 0 Å². The second-order valence-electron chi connectivity index (χ2n) is 3.13. The summed E-state index contributed by atoms with van der Waals surface area (Å²) >= 11 is 10.2. The first-order valence-corrected chi connectivity index (χ1v) is 5.36. The van der Waals surface area contributed by atoms with Crippen LogP contribution in [0.5, 0.6) is 11.5 Å². The van der Waals surface area contributed by atoms with Crippen molar-refractivity contribution >= 4 is 35.5 Å². The highest BCUT2D eigenvalue weighted by atomic mass is 32.1. The van der Waals surface area contributed by atoms with Gasteiger partial charge < -0.3 is 19.4 Å². The molecular weight excluding hydrogens is 244 g/mol. The zero-order valence-corrected chi connectivity index (χ0v) is 10.4. The van der Waals surface area contributed by atoms with Gasteiger partial charge in [0.05, 0.1) is 14.2 Å². The summed E-state index contributed by atoms with van der Waals surface area (Å²) in [5.74, 6) is 1.38. The van der Waals surface area contributed by atoms with Gasteiger partial charge in [0.1, 0.15) is 31.8 Å². The maximum atomic E-state index is 5.23. The Morgan fingerprint density at radius 1 is 0.875 bits per heavy atom. The van der Waals surface area contributed by atoms with Crippen molar-refractivity contribution in [1.29, 1.82) is 0 Å². The fourth-order valence-corrected chi connectivity index (χ4v) is 1.80. The molecule has 4 nitrogen and oxygen atoms in total. The molecule has 0 amide bonds. The summed E-state index contributed by atoms with van der Waals surface area (Å²) in [6, 6.07) is 3.62. The van der Waals surface area contributed by atoms with E-state index >= 15 is 0 Å². The number of nitrogens with one attached hydrogen (secondary N) is 2. The molecule has 84 valence electrons. The monoisotopic (exact) mass is 254 g/mol. The van der Waals surface area contributed by atoms with Crippen LogP contribution < -0.4 is 9.47 Å². The highest BCUT2D eigenvalue weighted by Crippen LogP contribution is 2.29. The molecule has 0 atom stereocenters. The molecule has 1 aromatic carbocycles. The molecule has 2 N–H and O–H groups in total. The topological polar surface area (TPSA) is 50.0 Å². The molecule has 1 heterocycles. The molecule has 0 saturated heterocycles. The highest BCUT2D eigenvalue weighted by molar-refractivity contribution is 7.73. The number of hydrogen-bond donors (Lipinski definition) is 2. The summed E-state index contributed by atoms with van der Waals surface area (Å²) < 4.78 is 11.4. The number of H-pyrrole nitrogens is 2. The summed E-state index contributed by atoms with van der Waals surface area (Å²) in [5, 5.41) is 0. The van der Waals surface area contributed by atoms with Crippen molar-refractivity contribution in [3.8, 4) is 11.5 Å². The lowest BCUT2D eigenvalue weighted by atomic mass is 10.2. The molecule has 16 heavy (non-hydrogen) atoms. The molecule has 0 saturated carbocycles. The number of aromatic nitrogens is 2. The van der Waals surface area contributed by atoms with Crippen LogP contribution in [0.1, 0.15) is 0 Å². The lowest BCUT2D eigenvalue weighted by Crippen LogP contribution is -1.94. The molecule has 0 bridgehead atoms. The van der Waals surface area contributed by atoms with Crippen LogP contribution >= 0.6 is 24.4 Å². The first-order valence-electron chi connectivity index (χ1n) is 4.54. The molecular formula is C10H10N2O2S2. The van der Waals surface area contributed by atoms with Gasteiger partial charge in [-0.2, -0.15) is 0 Å². The Kier molecular flexibility index (Phi) is 2.93. The van der Waals surface area contributed by atoms with Gasteiger partial charge in [-0.1, -0.05) is 24.4 Å². The number of aromatic amines is 2. The zero-order valence-electron chi connectivity index (χ0n) is 8.79. The molecule has 0 spiro atoms. The van der Waals surface area contributed by atoms with Crippen LogP contribution in [-0.4, -0.2) is 24.2 Å². The zero-order chi connectivity index (χ0) is 11.7. The Morgan fingerprint density at radius 2 is 1.25 bits per heavy atom.